The summed E-state index contributed by atoms with van der Waals surface area (Å²) >= 11 is 6.15. The summed E-state index contributed by atoms with van der Waals surface area (Å²) in [6.45, 7) is 5.39. The molecule has 0 saturated carbocycles. The maximum absolute atomic E-state index is 13.5. The number of fused-ring (bicyclic) bond motifs is 1. The van der Waals surface area contributed by atoms with Crippen LogP contribution in [0, 0.1) is 0 Å². The number of hydrogen-bond donors (Lipinski definition) is 2. The maximum atomic E-state index is 13.5. The molecule has 6 rings (SSSR count). The van der Waals surface area contributed by atoms with E-state index in [0.29, 0.717) is 12.3 Å². The van der Waals surface area contributed by atoms with Crippen LogP contribution in [0.1, 0.15) is 65.8 Å². The Morgan fingerprint density at radius 1 is 0.953 bits per heavy atom. The molecule has 0 radical (unpaired) electrons. The number of rotatable bonds is 10. The van der Waals surface area contributed by atoms with E-state index in [1.807, 2.05) is 17.0 Å². The lowest BCUT2D eigenvalue weighted by atomic mass is 9.86. The van der Waals surface area contributed by atoms with Gasteiger partial charge in [-0.25, -0.2) is 0 Å². The average Bonchev–Trinajstić information content (AvgIpc) is 3.45. The standard InChI is InChI=1S/C36H43ClN4O2/c37-31-13-11-26(12-14-31)22-32(39-36(43)34-23-28-6-1-2-7-29(28)24-38-34)17-21-40-19-15-27(16-20-40)33-9-4-3-8-30(33)25-41-18-5-10-35(41)42/h1-4,6-9,11-14,27,32,34,38H,5,10,15-25H2,(H,39,43)/t32-,34-/m1/s1. The van der Waals surface area contributed by atoms with Gasteiger partial charge in [0.05, 0.1) is 6.04 Å². The molecule has 7 heteroatoms. The molecular weight excluding hydrogens is 556 g/mol. The molecule has 0 bridgehead atoms. The Balaban J connectivity index is 1.05. The molecule has 0 unspecified atom stereocenters. The molecule has 0 aliphatic carbocycles. The highest BCUT2D eigenvalue weighted by Crippen LogP contribution is 2.32. The Morgan fingerprint density at radius 3 is 2.47 bits per heavy atom. The van der Waals surface area contributed by atoms with Gasteiger partial charge in [-0.3, -0.25) is 9.59 Å². The van der Waals surface area contributed by atoms with Gasteiger partial charge in [-0.15, -0.1) is 0 Å². The summed E-state index contributed by atoms with van der Waals surface area (Å²) in [4.78, 5) is 30.3. The molecule has 2 amide bonds. The van der Waals surface area contributed by atoms with Crippen LogP contribution in [0.5, 0.6) is 0 Å². The van der Waals surface area contributed by atoms with E-state index in [4.69, 9.17) is 11.6 Å². The molecule has 3 aromatic rings. The predicted octanol–water partition coefficient (Wildman–Crippen LogP) is 5.47. The summed E-state index contributed by atoms with van der Waals surface area (Å²) in [5.41, 5.74) is 6.44. The third kappa shape index (κ3) is 7.67. The van der Waals surface area contributed by atoms with Gasteiger partial charge >= 0.3 is 0 Å². The van der Waals surface area contributed by atoms with Crippen LogP contribution in [0.15, 0.2) is 72.8 Å². The SMILES string of the molecule is O=C(N[C@H](CCN1CCC(c2ccccc2CN2CCCC2=O)CC1)Cc1ccc(Cl)cc1)[C@H]1Cc2ccccc2CN1. The van der Waals surface area contributed by atoms with Crippen LogP contribution < -0.4 is 10.6 Å². The second-order valence-electron chi connectivity index (χ2n) is 12.5. The number of carbonyl (C=O) groups is 2. The summed E-state index contributed by atoms with van der Waals surface area (Å²) in [5, 5.41) is 7.58. The van der Waals surface area contributed by atoms with Crippen LogP contribution in [0.4, 0.5) is 0 Å². The molecule has 3 aromatic carbocycles. The van der Waals surface area contributed by atoms with Crippen LogP contribution in [-0.4, -0.2) is 59.9 Å². The molecular formula is C36H43ClN4O2. The number of carbonyl (C=O) groups excluding carboxylic acids is 2. The molecule has 2 N–H and O–H groups in total. The van der Waals surface area contributed by atoms with Crippen LogP contribution in [0.25, 0.3) is 0 Å². The van der Waals surface area contributed by atoms with Crippen LogP contribution in [0.2, 0.25) is 5.02 Å². The van der Waals surface area contributed by atoms with E-state index in [0.717, 1.165) is 82.8 Å². The van der Waals surface area contributed by atoms with E-state index >= 15 is 0 Å². The molecule has 6 nitrogen and oxygen atoms in total. The number of amides is 2. The molecule has 3 aliphatic rings. The molecule has 2 fully saturated rings. The number of likely N-dealkylation sites (tertiary alicyclic amines) is 2. The first kappa shape index (κ1) is 29.9. The van der Waals surface area contributed by atoms with Gasteiger partial charge < -0.3 is 20.4 Å². The lowest BCUT2D eigenvalue weighted by Gasteiger charge is -2.34. The quantitative estimate of drug-likeness (QED) is 0.325. The van der Waals surface area contributed by atoms with Gasteiger partial charge in [0.1, 0.15) is 0 Å². The topological polar surface area (TPSA) is 64.7 Å². The van der Waals surface area contributed by atoms with Crippen molar-refractivity contribution in [1.29, 1.82) is 0 Å². The minimum Gasteiger partial charge on any atom is -0.352 e. The van der Waals surface area contributed by atoms with Crippen LogP contribution >= 0.6 is 11.6 Å². The van der Waals surface area contributed by atoms with Gasteiger partial charge in [0.25, 0.3) is 0 Å². The summed E-state index contributed by atoms with van der Waals surface area (Å²) in [5.74, 6) is 0.893. The first-order valence-electron chi connectivity index (χ1n) is 15.9. The van der Waals surface area contributed by atoms with Crippen molar-refractivity contribution in [3.8, 4) is 0 Å². The van der Waals surface area contributed by atoms with E-state index in [-0.39, 0.29) is 23.9 Å². The molecule has 3 heterocycles. The van der Waals surface area contributed by atoms with Gasteiger partial charge in [0.15, 0.2) is 0 Å². The largest absolute Gasteiger partial charge is 0.352 e. The van der Waals surface area contributed by atoms with Crippen LogP contribution in [0.3, 0.4) is 0 Å². The van der Waals surface area contributed by atoms with E-state index in [9.17, 15) is 9.59 Å². The number of nitrogens with one attached hydrogen (secondary N) is 2. The smallest absolute Gasteiger partial charge is 0.237 e. The fraction of sp³-hybridized carbons (Fsp3) is 0.444. The van der Waals surface area contributed by atoms with Crippen molar-refractivity contribution < 1.29 is 9.59 Å². The molecule has 2 saturated heterocycles. The van der Waals surface area contributed by atoms with Crippen molar-refractivity contribution in [2.45, 2.75) is 76.0 Å². The highest BCUT2D eigenvalue weighted by Gasteiger charge is 2.28. The zero-order valence-corrected chi connectivity index (χ0v) is 25.7. The monoisotopic (exact) mass is 598 g/mol. The lowest BCUT2D eigenvalue weighted by molar-refractivity contribution is -0.128. The third-order valence-electron chi connectivity index (χ3n) is 9.55. The fourth-order valence-electron chi connectivity index (χ4n) is 7.03. The Hall–Kier alpha value is -3.19. The van der Waals surface area contributed by atoms with E-state index in [2.05, 4.69) is 76.2 Å². The minimum absolute atomic E-state index is 0.0455. The van der Waals surface area contributed by atoms with Gasteiger partial charge in [-0.2, -0.15) is 0 Å². The molecule has 226 valence electrons. The molecule has 0 spiro atoms. The van der Waals surface area contributed by atoms with Crippen molar-refractivity contribution >= 4 is 23.4 Å². The Bertz CT molecular complexity index is 1400. The number of benzene rings is 3. The van der Waals surface area contributed by atoms with Gasteiger partial charge in [0.2, 0.25) is 11.8 Å². The number of nitrogens with zero attached hydrogens (tertiary/aromatic N) is 2. The third-order valence-corrected chi connectivity index (χ3v) is 9.80. The van der Waals surface area contributed by atoms with Crippen molar-refractivity contribution in [3.05, 3.63) is 106 Å². The van der Waals surface area contributed by atoms with Crippen molar-refractivity contribution in [2.24, 2.45) is 0 Å². The van der Waals surface area contributed by atoms with Gasteiger partial charge in [-0.05, 0) is 97.5 Å². The highest BCUT2D eigenvalue weighted by atomic mass is 35.5. The second-order valence-corrected chi connectivity index (χ2v) is 12.9. The molecule has 3 aliphatic heterocycles. The van der Waals surface area contributed by atoms with E-state index < -0.39 is 0 Å². The first-order chi connectivity index (χ1) is 21.0. The molecule has 43 heavy (non-hydrogen) atoms. The number of hydrogen-bond acceptors (Lipinski definition) is 4. The Labute approximate surface area is 260 Å². The highest BCUT2D eigenvalue weighted by molar-refractivity contribution is 6.30. The zero-order valence-electron chi connectivity index (χ0n) is 24.9. The summed E-state index contributed by atoms with van der Waals surface area (Å²) in [7, 11) is 0. The second kappa shape index (κ2) is 14.1. The van der Waals surface area contributed by atoms with Crippen molar-refractivity contribution in [1.82, 2.24) is 20.4 Å². The first-order valence-corrected chi connectivity index (χ1v) is 16.3. The summed E-state index contributed by atoms with van der Waals surface area (Å²) < 4.78 is 0. The van der Waals surface area contributed by atoms with Gasteiger partial charge in [0, 0.05) is 43.7 Å². The average molecular weight is 599 g/mol. The predicted molar refractivity (Wildman–Crippen MR) is 172 cm³/mol. The molecule has 2 atom stereocenters. The minimum atomic E-state index is -0.214. The van der Waals surface area contributed by atoms with E-state index in [1.54, 1.807) is 0 Å². The molecule has 0 aromatic heterocycles. The van der Waals surface area contributed by atoms with Crippen LogP contribution in [-0.2, 0) is 35.5 Å². The normalized spacial score (nSPS) is 20.2. The van der Waals surface area contributed by atoms with E-state index in [1.165, 1.54) is 27.8 Å². The Kier molecular flexibility index (Phi) is 9.77. The maximum Gasteiger partial charge on any atom is 0.237 e. The number of piperidine rings is 1. The van der Waals surface area contributed by atoms with Gasteiger partial charge in [-0.1, -0.05) is 72.3 Å². The lowest BCUT2D eigenvalue weighted by Crippen LogP contribution is -2.51. The fourth-order valence-corrected chi connectivity index (χ4v) is 7.16. The van der Waals surface area contributed by atoms with Crippen molar-refractivity contribution in [2.75, 3.05) is 26.2 Å². The van der Waals surface area contributed by atoms with Crippen molar-refractivity contribution in [3.63, 3.8) is 0 Å². The summed E-state index contributed by atoms with van der Waals surface area (Å²) in [6, 6.07) is 24.9. The zero-order chi connectivity index (χ0) is 29.6. The summed E-state index contributed by atoms with van der Waals surface area (Å²) in [6.07, 6.45) is 6.29. The Morgan fingerprint density at radius 2 is 1.70 bits per heavy atom. The number of halogens is 1.